The molecule has 0 spiro atoms. The summed E-state index contributed by atoms with van der Waals surface area (Å²) in [6.07, 6.45) is 0. The first-order valence-electron chi connectivity index (χ1n) is 5.73. The maximum Gasteiger partial charge on any atom is 0.371 e. The molecule has 1 unspecified atom stereocenters. The van der Waals surface area contributed by atoms with Gasteiger partial charge in [0.15, 0.2) is 0 Å². The minimum atomic E-state index is -1.04. The molecule has 0 aromatic carbocycles. The van der Waals surface area contributed by atoms with Crippen LogP contribution in [-0.2, 0) is 6.54 Å². The molecule has 102 valence electrons. The SMILES string of the molecule is CC(c1ccc(C(=O)O)o1)N(C)Cc1cc(Br)cs1. The predicted molar refractivity (Wildman–Crippen MR) is 77.6 cm³/mol. The van der Waals surface area contributed by atoms with Crippen LogP contribution in [0.25, 0.3) is 0 Å². The highest BCUT2D eigenvalue weighted by Crippen LogP contribution is 2.26. The van der Waals surface area contributed by atoms with Gasteiger partial charge in [0, 0.05) is 21.3 Å². The lowest BCUT2D eigenvalue weighted by atomic mass is 10.2. The summed E-state index contributed by atoms with van der Waals surface area (Å²) in [6, 6.07) is 5.31. The minimum absolute atomic E-state index is 0.0193. The number of rotatable bonds is 5. The van der Waals surface area contributed by atoms with E-state index in [4.69, 9.17) is 9.52 Å². The molecule has 2 aromatic heterocycles. The second kappa shape index (κ2) is 5.90. The van der Waals surface area contributed by atoms with E-state index in [0.717, 1.165) is 11.0 Å². The van der Waals surface area contributed by atoms with E-state index in [1.54, 1.807) is 17.4 Å². The van der Waals surface area contributed by atoms with Crippen LogP contribution >= 0.6 is 27.3 Å². The summed E-state index contributed by atoms with van der Waals surface area (Å²) < 4.78 is 6.41. The van der Waals surface area contributed by atoms with Gasteiger partial charge in [-0.25, -0.2) is 4.79 Å². The van der Waals surface area contributed by atoms with Gasteiger partial charge in [0.2, 0.25) is 5.76 Å². The third kappa shape index (κ3) is 3.46. The van der Waals surface area contributed by atoms with Gasteiger partial charge in [-0.05, 0) is 48.1 Å². The van der Waals surface area contributed by atoms with Crippen molar-refractivity contribution in [1.82, 2.24) is 4.90 Å². The van der Waals surface area contributed by atoms with Crippen LogP contribution in [0.4, 0.5) is 0 Å². The van der Waals surface area contributed by atoms with E-state index < -0.39 is 5.97 Å². The van der Waals surface area contributed by atoms with Crippen molar-refractivity contribution >= 4 is 33.2 Å². The largest absolute Gasteiger partial charge is 0.475 e. The number of hydrogen-bond acceptors (Lipinski definition) is 4. The number of carboxylic acids is 1. The monoisotopic (exact) mass is 343 g/mol. The van der Waals surface area contributed by atoms with Crippen LogP contribution in [0.2, 0.25) is 0 Å². The molecule has 2 rings (SSSR count). The molecule has 1 atom stereocenters. The van der Waals surface area contributed by atoms with Gasteiger partial charge in [-0.1, -0.05) is 0 Å². The number of hydrogen-bond donors (Lipinski definition) is 1. The first-order valence-corrected chi connectivity index (χ1v) is 7.41. The Bertz CT molecular complexity index is 578. The molecule has 0 bridgehead atoms. The average molecular weight is 344 g/mol. The summed E-state index contributed by atoms with van der Waals surface area (Å²) >= 11 is 5.12. The quantitative estimate of drug-likeness (QED) is 0.891. The highest BCUT2D eigenvalue weighted by atomic mass is 79.9. The normalized spacial score (nSPS) is 12.8. The Morgan fingerprint density at radius 3 is 2.84 bits per heavy atom. The maximum absolute atomic E-state index is 10.8. The minimum Gasteiger partial charge on any atom is -0.475 e. The molecule has 0 amide bonds. The molecule has 0 radical (unpaired) electrons. The number of nitrogens with zero attached hydrogens (tertiary/aromatic N) is 1. The Morgan fingerprint density at radius 2 is 2.32 bits per heavy atom. The average Bonchev–Trinajstić information content (AvgIpc) is 2.97. The highest BCUT2D eigenvalue weighted by Gasteiger charge is 2.18. The van der Waals surface area contributed by atoms with Crippen LogP contribution in [0.5, 0.6) is 0 Å². The van der Waals surface area contributed by atoms with Gasteiger partial charge in [-0.2, -0.15) is 0 Å². The number of carboxylic acid groups (broad SMARTS) is 1. The highest BCUT2D eigenvalue weighted by molar-refractivity contribution is 9.10. The Labute approximate surface area is 123 Å². The lowest BCUT2D eigenvalue weighted by Gasteiger charge is -2.22. The Morgan fingerprint density at radius 1 is 1.58 bits per heavy atom. The van der Waals surface area contributed by atoms with Gasteiger partial charge < -0.3 is 9.52 Å². The van der Waals surface area contributed by atoms with E-state index in [-0.39, 0.29) is 11.8 Å². The van der Waals surface area contributed by atoms with Gasteiger partial charge in [0.25, 0.3) is 0 Å². The number of thiophene rings is 1. The van der Waals surface area contributed by atoms with E-state index in [0.29, 0.717) is 5.76 Å². The zero-order valence-corrected chi connectivity index (χ0v) is 13.0. The van der Waals surface area contributed by atoms with Crippen molar-refractivity contribution in [1.29, 1.82) is 0 Å². The van der Waals surface area contributed by atoms with Crippen molar-refractivity contribution in [2.75, 3.05) is 7.05 Å². The van der Waals surface area contributed by atoms with Crippen LogP contribution in [0.1, 0.15) is 34.2 Å². The molecule has 2 aromatic rings. The zero-order valence-electron chi connectivity index (χ0n) is 10.6. The Hall–Kier alpha value is -1.11. The molecule has 0 aliphatic rings. The Kier molecular flexibility index (Phi) is 4.44. The van der Waals surface area contributed by atoms with Crippen LogP contribution in [0, 0.1) is 0 Å². The standard InChI is InChI=1S/C13H14BrNO3S/c1-8(11-3-4-12(18-11)13(16)17)15(2)6-10-5-9(14)7-19-10/h3-5,7-8H,6H2,1-2H3,(H,16,17). The van der Waals surface area contributed by atoms with Crippen molar-refractivity contribution < 1.29 is 14.3 Å². The van der Waals surface area contributed by atoms with E-state index in [2.05, 4.69) is 26.9 Å². The second-order valence-electron chi connectivity index (χ2n) is 4.33. The summed E-state index contributed by atoms with van der Waals surface area (Å²) in [4.78, 5) is 14.1. The molecule has 0 aliphatic heterocycles. The zero-order chi connectivity index (χ0) is 14.0. The van der Waals surface area contributed by atoms with Crippen molar-refractivity contribution in [3.05, 3.63) is 44.4 Å². The van der Waals surface area contributed by atoms with Crippen LogP contribution < -0.4 is 0 Å². The lowest BCUT2D eigenvalue weighted by Crippen LogP contribution is -2.21. The molecule has 0 saturated heterocycles. The molecule has 6 heteroatoms. The molecular weight excluding hydrogens is 330 g/mol. The summed E-state index contributed by atoms with van der Waals surface area (Å²) in [7, 11) is 1.99. The van der Waals surface area contributed by atoms with E-state index in [1.165, 1.54) is 10.9 Å². The van der Waals surface area contributed by atoms with Crippen LogP contribution in [0.3, 0.4) is 0 Å². The van der Waals surface area contributed by atoms with Gasteiger partial charge in [0.05, 0.1) is 6.04 Å². The second-order valence-corrected chi connectivity index (χ2v) is 6.24. The molecular formula is C13H14BrNO3S. The van der Waals surface area contributed by atoms with Gasteiger partial charge in [-0.3, -0.25) is 4.90 Å². The maximum atomic E-state index is 10.8. The molecule has 4 nitrogen and oxygen atoms in total. The lowest BCUT2D eigenvalue weighted by molar-refractivity contribution is 0.0656. The van der Waals surface area contributed by atoms with Crippen molar-refractivity contribution in [2.24, 2.45) is 0 Å². The third-order valence-electron chi connectivity index (χ3n) is 2.94. The fraction of sp³-hybridized carbons (Fsp3) is 0.308. The molecule has 0 saturated carbocycles. The van der Waals surface area contributed by atoms with E-state index >= 15 is 0 Å². The van der Waals surface area contributed by atoms with Crippen molar-refractivity contribution in [3.8, 4) is 0 Å². The summed E-state index contributed by atoms with van der Waals surface area (Å²) in [6.45, 7) is 2.79. The number of halogens is 1. The number of furan rings is 1. The third-order valence-corrected chi connectivity index (χ3v) is 4.62. The first kappa shape index (κ1) is 14.3. The van der Waals surface area contributed by atoms with E-state index in [9.17, 15) is 4.79 Å². The van der Waals surface area contributed by atoms with Crippen molar-refractivity contribution in [3.63, 3.8) is 0 Å². The molecule has 0 fully saturated rings. The van der Waals surface area contributed by atoms with E-state index in [1.807, 2.05) is 19.4 Å². The van der Waals surface area contributed by atoms with Crippen LogP contribution in [-0.4, -0.2) is 23.0 Å². The summed E-state index contributed by atoms with van der Waals surface area (Å²) in [5, 5.41) is 10.9. The molecule has 0 aliphatic carbocycles. The fourth-order valence-electron chi connectivity index (χ4n) is 1.73. The smallest absolute Gasteiger partial charge is 0.371 e. The van der Waals surface area contributed by atoms with Gasteiger partial charge in [0.1, 0.15) is 5.76 Å². The first-order chi connectivity index (χ1) is 8.97. The Balaban J connectivity index is 2.05. The fourth-order valence-corrected chi connectivity index (χ4v) is 3.24. The van der Waals surface area contributed by atoms with Gasteiger partial charge in [-0.15, -0.1) is 11.3 Å². The number of carbonyl (C=O) groups is 1. The summed E-state index contributed by atoms with van der Waals surface area (Å²) in [5.74, 6) is -0.395. The number of aromatic carboxylic acids is 1. The topological polar surface area (TPSA) is 53.7 Å². The van der Waals surface area contributed by atoms with Gasteiger partial charge >= 0.3 is 5.97 Å². The summed E-state index contributed by atoms with van der Waals surface area (Å²) in [5.41, 5.74) is 0. The molecule has 19 heavy (non-hydrogen) atoms. The molecule has 1 N–H and O–H groups in total. The molecule has 2 heterocycles. The van der Waals surface area contributed by atoms with Crippen LogP contribution in [0.15, 0.2) is 32.5 Å². The van der Waals surface area contributed by atoms with Crippen molar-refractivity contribution in [2.45, 2.75) is 19.5 Å². The predicted octanol–water partition coefficient (Wildman–Crippen LogP) is 3.99.